The summed E-state index contributed by atoms with van der Waals surface area (Å²) in [4.78, 5) is 12.9. The van der Waals surface area contributed by atoms with Crippen molar-refractivity contribution in [3.63, 3.8) is 0 Å². The van der Waals surface area contributed by atoms with Gasteiger partial charge in [-0.2, -0.15) is 4.31 Å². The van der Waals surface area contributed by atoms with Crippen LogP contribution in [0, 0.1) is 10.1 Å². The van der Waals surface area contributed by atoms with Gasteiger partial charge in [0.25, 0.3) is 5.69 Å². The number of ether oxygens (including phenoxy) is 2. The van der Waals surface area contributed by atoms with Gasteiger partial charge in [-0.05, 0) is 37.8 Å². The Labute approximate surface area is 194 Å². The zero-order chi connectivity index (χ0) is 23.6. The van der Waals surface area contributed by atoms with Crippen LogP contribution in [-0.2, 0) is 16.6 Å². The number of nitro benzene ring substituents is 1. The fourth-order valence-electron chi connectivity index (χ4n) is 4.52. The molecule has 0 N–H and O–H groups in total. The van der Waals surface area contributed by atoms with Gasteiger partial charge in [0.1, 0.15) is 11.5 Å². The van der Waals surface area contributed by atoms with Crippen LogP contribution in [0.25, 0.3) is 0 Å². The number of hydrogen-bond donors (Lipinski definition) is 0. The van der Waals surface area contributed by atoms with Crippen molar-refractivity contribution in [2.75, 3.05) is 27.3 Å². The van der Waals surface area contributed by atoms with E-state index in [1.807, 2.05) is 18.2 Å². The number of nitrogens with zero attached hydrogens (tertiary/aromatic N) is 3. The molecule has 9 nitrogen and oxygen atoms in total. The third-order valence-corrected chi connectivity index (χ3v) is 8.28. The largest absolute Gasteiger partial charge is 0.497 e. The Kier molecular flexibility index (Phi) is 6.87. The van der Waals surface area contributed by atoms with Crippen molar-refractivity contribution in [1.82, 2.24) is 9.21 Å². The standard InChI is InChI=1S/C23H29N3O6S/c1-31-20-12-9-17(22(14-20)32-2)15-25(18-10-11-18)19-6-5-13-24(16-19)33(29,30)23-8-4-3-7-21(23)26(27)28/h3-4,7-9,12,14,18-19H,5-6,10-11,13,15-16H2,1-2H3/t19-/m1/s1. The van der Waals surface area contributed by atoms with E-state index in [0.29, 0.717) is 37.8 Å². The Morgan fingerprint density at radius 3 is 2.52 bits per heavy atom. The molecule has 2 aromatic carbocycles. The van der Waals surface area contributed by atoms with Crippen LogP contribution in [0.1, 0.15) is 31.2 Å². The van der Waals surface area contributed by atoms with Crippen molar-refractivity contribution in [3.8, 4) is 11.5 Å². The Morgan fingerprint density at radius 2 is 1.85 bits per heavy atom. The van der Waals surface area contributed by atoms with Crippen LogP contribution in [0.3, 0.4) is 0 Å². The van der Waals surface area contributed by atoms with E-state index in [4.69, 9.17) is 9.47 Å². The third-order valence-electron chi connectivity index (χ3n) is 6.37. The van der Waals surface area contributed by atoms with Gasteiger partial charge in [0.2, 0.25) is 10.0 Å². The van der Waals surface area contributed by atoms with Crippen molar-refractivity contribution in [3.05, 3.63) is 58.1 Å². The van der Waals surface area contributed by atoms with Crippen molar-refractivity contribution in [1.29, 1.82) is 0 Å². The lowest BCUT2D eigenvalue weighted by molar-refractivity contribution is -0.387. The van der Waals surface area contributed by atoms with Gasteiger partial charge in [0.05, 0.1) is 19.1 Å². The minimum Gasteiger partial charge on any atom is -0.497 e. The Hall–Kier alpha value is -2.69. The second-order valence-corrected chi connectivity index (χ2v) is 10.4. The lowest BCUT2D eigenvalue weighted by Crippen LogP contribution is -2.50. The van der Waals surface area contributed by atoms with E-state index in [1.54, 1.807) is 14.2 Å². The number of benzene rings is 2. The first kappa shape index (κ1) is 23.5. The molecule has 1 aliphatic carbocycles. The number of hydrogen-bond acceptors (Lipinski definition) is 7. The summed E-state index contributed by atoms with van der Waals surface area (Å²) in [5, 5.41) is 11.4. The van der Waals surface area contributed by atoms with Crippen LogP contribution in [0.15, 0.2) is 47.4 Å². The van der Waals surface area contributed by atoms with E-state index < -0.39 is 14.9 Å². The number of methoxy groups -OCH3 is 2. The monoisotopic (exact) mass is 475 g/mol. The first-order chi connectivity index (χ1) is 15.8. The topological polar surface area (TPSA) is 102 Å². The molecule has 4 rings (SSSR count). The summed E-state index contributed by atoms with van der Waals surface area (Å²) in [6.45, 7) is 1.31. The molecule has 1 saturated carbocycles. The number of para-hydroxylation sites is 1. The minimum atomic E-state index is -3.98. The van der Waals surface area contributed by atoms with Crippen LogP contribution in [-0.4, -0.2) is 61.9 Å². The molecule has 1 atom stereocenters. The van der Waals surface area contributed by atoms with Crippen molar-refractivity contribution in [2.24, 2.45) is 0 Å². The predicted octanol–water partition coefficient (Wildman–Crippen LogP) is 3.43. The van der Waals surface area contributed by atoms with Crippen molar-refractivity contribution >= 4 is 15.7 Å². The summed E-state index contributed by atoms with van der Waals surface area (Å²) in [6, 6.07) is 11.7. The van der Waals surface area contributed by atoms with Gasteiger partial charge < -0.3 is 9.47 Å². The Balaban J connectivity index is 1.57. The van der Waals surface area contributed by atoms with Crippen LogP contribution >= 0.6 is 0 Å². The fourth-order valence-corrected chi connectivity index (χ4v) is 6.19. The molecular formula is C23H29N3O6S. The maximum absolute atomic E-state index is 13.4. The fraction of sp³-hybridized carbons (Fsp3) is 0.478. The van der Waals surface area contributed by atoms with E-state index in [9.17, 15) is 18.5 Å². The molecule has 0 unspecified atom stereocenters. The highest BCUT2D eigenvalue weighted by Gasteiger charge is 2.40. The van der Waals surface area contributed by atoms with Gasteiger partial charge in [-0.1, -0.05) is 18.2 Å². The predicted molar refractivity (Wildman–Crippen MR) is 123 cm³/mol. The molecular weight excluding hydrogens is 446 g/mol. The lowest BCUT2D eigenvalue weighted by atomic mass is 10.0. The normalized spacial score (nSPS) is 19.4. The smallest absolute Gasteiger partial charge is 0.289 e. The molecule has 2 aromatic rings. The lowest BCUT2D eigenvalue weighted by Gasteiger charge is -2.39. The van der Waals surface area contributed by atoms with Gasteiger partial charge in [0.15, 0.2) is 4.90 Å². The molecule has 0 radical (unpaired) electrons. The zero-order valence-corrected chi connectivity index (χ0v) is 19.7. The molecule has 10 heteroatoms. The number of rotatable bonds is 9. The van der Waals surface area contributed by atoms with E-state index in [0.717, 1.165) is 30.6 Å². The maximum Gasteiger partial charge on any atom is 0.289 e. The molecule has 0 amide bonds. The maximum atomic E-state index is 13.4. The Bertz CT molecular complexity index is 1120. The van der Waals surface area contributed by atoms with Gasteiger partial charge >= 0.3 is 0 Å². The third kappa shape index (κ3) is 4.97. The molecule has 0 spiro atoms. The summed E-state index contributed by atoms with van der Waals surface area (Å²) < 4.78 is 39.0. The number of piperidine rings is 1. The molecule has 1 aliphatic heterocycles. The molecule has 178 valence electrons. The first-order valence-corrected chi connectivity index (χ1v) is 12.5. The Morgan fingerprint density at radius 1 is 1.09 bits per heavy atom. The van der Waals surface area contributed by atoms with Gasteiger partial charge in [-0.15, -0.1) is 0 Å². The summed E-state index contributed by atoms with van der Waals surface area (Å²) in [7, 11) is -0.744. The van der Waals surface area contributed by atoms with E-state index >= 15 is 0 Å². The average Bonchev–Trinajstić information content (AvgIpc) is 3.68. The second-order valence-electron chi connectivity index (χ2n) is 8.47. The van der Waals surface area contributed by atoms with Crippen LogP contribution in [0.5, 0.6) is 11.5 Å². The van der Waals surface area contributed by atoms with Crippen LogP contribution in [0.4, 0.5) is 5.69 Å². The van der Waals surface area contributed by atoms with Crippen LogP contribution < -0.4 is 9.47 Å². The first-order valence-electron chi connectivity index (χ1n) is 11.1. The molecule has 1 heterocycles. The zero-order valence-electron chi connectivity index (χ0n) is 18.8. The second kappa shape index (κ2) is 9.66. The van der Waals surface area contributed by atoms with Crippen molar-refractivity contribution in [2.45, 2.75) is 49.2 Å². The highest BCUT2D eigenvalue weighted by Crippen LogP contribution is 2.36. The summed E-state index contributed by atoms with van der Waals surface area (Å²) in [5.41, 5.74) is 0.630. The minimum absolute atomic E-state index is 0.0237. The van der Waals surface area contributed by atoms with Gasteiger partial charge in [-0.25, -0.2) is 8.42 Å². The molecule has 2 aliphatic rings. The van der Waals surface area contributed by atoms with E-state index in [2.05, 4.69) is 4.90 Å². The molecule has 0 bridgehead atoms. The number of nitro groups is 1. The highest BCUT2D eigenvalue weighted by molar-refractivity contribution is 7.89. The molecule has 1 saturated heterocycles. The van der Waals surface area contributed by atoms with Gasteiger partial charge in [-0.3, -0.25) is 15.0 Å². The van der Waals surface area contributed by atoms with Gasteiger partial charge in [0, 0.05) is 49.4 Å². The van der Waals surface area contributed by atoms with Crippen molar-refractivity contribution < 1.29 is 22.8 Å². The quantitative estimate of drug-likeness (QED) is 0.404. The average molecular weight is 476 g/mol. The molecule has 0 aromatic heterocycles. The highest BCUT2D eigenvalue weighted by atomic mass is 32.2. The van der Waals surface area contributed by atoms with Crippen LogP contribution in [0.2, 0.25) is 0 Å². The van der Waals surface area contributed by atoms with E-state index in [-0.39, 0.29) is 16.6 Å². The summed E-state index contributed by atoms with van der Waals surface area (Å²) >= 11 is 0. The summed E-state index contributed by atoms with van der Waals surface area (Å²) in [6.07, 6.45) is 3.73. The summed E-state index contributed by atoms with van der Waals surface area (Å²) in [5.74, 6) is 1.45. The SMILES string of the molecule is COc1ccc(CN(C2CC2)[C@@H]2CCCN(S(=O)(=O)c3ccccc3[N+](=O)[O-])C2)c(OC)c1. The number of sulfonamides is 1. The molecule has 33 heavy (non-hydrogen) atoms. The van der Waals surface area contributed by atoms with E-state index in [1.165, 1.54) is 28.6 Å². The molecule has 2 fully saturated rings.